The maximum Gasteiger partial charge on any atom is 0.255 e. The summed E-state index contributed by atoms with van der Waals surface area (Å²) in [7, 11) is 0. The molecule has 0 spiro atoms. The van der Waals surface area contributed by atoms with Gasteiger partial charge in [-0.25, -0.2) is 0 Å². The molecule has 3 aromatic heterocycles. The topological polar surface area (TPSA) is 68.0 Å². The second kappa shape index (κ2) is 5.65. The van der Waals surface area contributed by atoms with Gasteiger partial charge in [-0.05, 0) is 25.0 Å². The highest BCUT2D eigenvalue weighted by Gasteiger charge is 2.12. The van der Waals surface area contributed by atoms with Crippen molar-refractivity contribution in [2.75, 3.05) is 5.32 Å². The number of aryl methyl sites for hydroxylation is 1. The molecule has 3 aromatic rings. The molecule has 0 atom stereocenters. The van der Waals surface area contributed by atoms with Gasteiger partial charge < -0.3 is 5.32 Å². The number of fused-ring (bicyclic) bond motifs is 1. The Labute approximate surface area is 127 Å². The van der Waals surface area contributed by atoms with E-state index in [4.69, 9.17) is 11.6 Å². The highest BCUT2D eigenvalue weighted by atomic mass is 35.5. The summed E-state index contributed by atoms with van der Waals surface area (Å²) in [5, 5.41) is 7.95. The van der Waals surface area contributed by atoms with E-state index in [1.165, 1.54) is 11.9 Å². The zero-order valence-corrected chi connectivity index (χ0v) is 12.6. The van der Waals surface area contributed by atoms with Crippen LogP contribution in [0.2, 0.25) is 5.15 Å². The summed E-state index contributed by atoms with van der Waals surface area (Å²) >= 11 is 6.14. The summed E-state index contributed by atoms with van der Waals surface area (Å²) in [6, 6.07) is 4.04. The molecule has 6 nitrogen and oxygen atoms in total. The average Bonchev–Trinajstić information content (AvgIpc) is 2.96. The Kier molecular flexibility index (Phi) is 3.70. The first-order valence-electron chi connectivity index (χ1n) is 6.73. The Bertz CT molecular complexity index is 782. The lowest BCUT2D eigenvalue weighted by Crippen LogP contribution is -2.11. The zero-order valence-electron chi connectivity index (χ0n) is 11.8. The predicted molar refractivity (Wildman–Crippen MR) is 81.5 cm³/mol. The first kappa shape index (κ1) is 13.8. The van der Waals surface area contributed by atoms with Gasteiger partial charge in [-0.1, -0.05) is 24.6 Å². The van der Waals surface area contributed by atoms with E-state index in [0.29, 0.717) is 17.5 Å². The summed E-state index contributed by atoms with van der Waals surface area (Å²) in [6.07, 6.45) is 4.20. The van der Waals surface area contributed by atoms with Gasteiger partial charge in [0.2, 0.25) is 0 Å². The van der Waals surface area contributed by atoms with Crippen molar-refractivity contribution in [3.8, 4) is 0 Å². The van der Waals surface area contributed by atoms with E-state index in [9.17, 15) is 0 Å². The highest BCUT2D eigenvalue weighted by Crippen LogP contribution is 2.22. The normalized spacial score (nSPS) is 11.0. The molecule has 0 aliphatic heterocycles. The molecule has 7 heteroatoms. The smallest absolute Gasteiger partial charge is 0.255 e. The number of halogens is 1. The molecule has 21 heavy (non-hydrogen) atoms. The van der Waals surface area contributed by atoms with Gasteiger partial charge in [0.05, 0.1) is 12.2 Å². The molecule has 0 fully saturated rings. The molecule has 108 valence electrons. The SMILES string of the molecule is CCc1cccnc1CNc1c(C)c(Cl)nc2ncnn12. The van der Waals surface area contributed by atoms with Crippen LogP contribution in [0.4, 0.5) is 5.82 Å². The van der Waals surface area contributed by atoms with Crippen molar-refractivity contribution in [3.05, 3.63) is 46.6 Å². The molecule has 0 unspecified atom stereocenters. The maximum atomic E-state index is 6.14. The van der Waals surface area contributed by atoms with Gasteiger partial charge in [0, 0.05) is 11.8 Å². The Morgan fingerprint density at radius 3 is 3.00 bits per heavy atom. The molecule has 3 rings (SSSR count). The lowest BCUT2D eigenvalue weighted by atomic mass is 10.1. The van der Waals surface area contributed by atoms with Crippen LogP contribution in [-0.4, -0.2) is 24.6 Å². The molecule has 0 amide bonds. The summed E-state index contributed by atoms with van der Waals surface area (Å²) in [5.41, 5.74) is 3.07. The summed E-state index contributed by atoms with van der Waals surface area (Å²) in [4.78, 5) is 12.7. The number of hydrogen-bond acceptors (Lipinski definition) is 5. The standard InChI is InChI=1S/C14H15ClN6/c1-3-10-5-4-6-16-11(10)7-17-13-9(2)12(15)20-14-18-8-19-21(13)14/h4-6,8,17H,3,7H2,1-2H3. The zero-order chi connectivity index (χ0) is 14.8. The van der Waals surface area contributed by atoms with Gasteiger partial charge in [-0.3, -0.25) is 4.98 Å². The fraction of sp³-hybridized carbons (Fsp3) is 0.286. The van der Waals surface area contributed by atoms with E-state index in [2.05, 4.69) is 38.4 Å². The van der Waals surface area contributed by atoms with Crippen LogP contribution in [0.15, 0.2) is 24.7 Å². The molecule has 0 saturated heterocycles. The molecule has 1 N–H and O–H groups in total. The van der Waals surface area contributed by atoms with E-state index in [1.807, 2.05) is 13.0 Å². The van der Waals surface area contributed by atoms with Crippen molar-refractivity contribution in [1.29, 1.82) is 0 Å². The van der Waals surface area contributed by atoms with Gasteiger partial charge >= 0.3 is 0 Å². The number of pyridine rings is 1. The molecule has 0 saturated carbocycles. The summed E-state index contributed by atoms with van der Waals surface area (Å²) in [5.74, 6) is 1.26. The third-order valence-electron chi connectivity index (χ3n) is 3.39. The van der Waals surface area contributed by atoms with Gasteiger partial charge in [0.1, 0.15) is 17.3 Å². The fourth-order valence-corrected chi connectivity index (χ4v) is 2.39. The molecule has 0 aliphatic rings. The van der Waals surface area contributed by atoms with E-state index in [-0.39, 0.29) is 0 Å². The van der Waals surface area contributed by atoms with Crippen molar-refractivity contribution in [3.63, 3.8) is 0 Å². The Morgan fingerprint density at radius 2 is 2.19 bits per heavy atom. The minimum absolute atomic E-state index is 0.426. The van der Waals surface area contributed by atoms with E-state index >= 15 is 0 Å². The highest BCUT2D eigenvalue weighted by molar-refractivity contribution is 6.30. The van der Waals surface area contributed by atoms with Crippen molar-refractivity contribution in [2.24, 2.45) is 0 Å². The lowest BCUT2D eigenvalue weighted by molar-refractivity contribution is 0.896. The van der Waals surface area contributed by atoms with Gasteiger partial charge in [0.25, 0.3) is 5.78 Å². The second-order valence-corrected chi connectivity index (χ2v) is 5.02. The number of rotatable bonds is 4. The van der Waals surface area contributed by atoms with Crippen LogP contribution in [0.3, 0.4) is 0 Å². The van der Waals surface area contributed by atoms with Crippen molar-refractivity contribution < 1.29 is 0 Å². The number of aromatic nitrogens is 5. The quantitative estimate of drug-likeness (QED) is 0.750. The Balaban J connectivity index is 1.95. The van der Waals surface area contributed by atoms with Crippen LogP contribution >= 0.6 is 11.6 Å². The minimum Gasteiger partial charge on any atom is -0.364 e. The first-order valence-corrected chi connectivity index (χ1v) is 7.11. The second-order valence-electron chi connectivity index (χ2n) is 4.66. The minimum atomic E-state index is 0.426. The fourth-order valence-electron chi connectivity index (χ4n) is 2.22. The van der Waals surface area contributed by atoms with Crippen LogP contribution in [0.1, 0.15) is 23.7 Å². The van der Waals surface area contributed by atoms with Crippen LogP contribution < -0.4 is 5.32 Å². The van der Waals surface area contributed by atoms with Crippen molar-refractivity contribution in [1.82, 2.24) is 24.6 Å². The monoisotopic (exact) mass is 302 g/mol. The number of hydrogen-bond donors (Lipinski definition) is 1. The molecular weight excluding hydrogens is 288 g/mol. The molecular formula is C14H15ClN6. The summed E-state index contributed by atoms with van der Waals surface area (Å²) in [6.45, 7) is 4.61. The van der Waals surface area contributed by atoms with Gasteiger partial charge in [-0.2, -0.15) is 19.6 Å². The van der Waals surface area contributed by atoms with Crippen LogP contribution in [0.25, 0.3) is 5.78 Å². The molecule has 0 aromatic carbocycles. The average molecular weight is 303 g/mol. The van der Waals surface area contributed by atoms with Crippen molar-refractivity contribution in [2.45, 2.75) is 26.8 Å². The van der Waals surface area contributed by atoms with E-state index < -0.39 is 0 Å². The third-order valence-corrected chi connectivity index (χ3v) is 3.76. The van der Waals surface area contributed by atoms with Crippen molar-refractivity contribution >= 4 is 23.2 Å². The molecule has 3 heterocycles. The van der Waals surface area contributed by atoms with Crippen LogP contribution in [0.5, 0.6) is 0 Å². The number of nitrogens with one attached hydrogen (secondary N) is 1. The lowest BCUT2D eigenvalue weighted by Gasteiger charge is -2.13. The van der Waals surface area contributed by atoms with Gasteiger partial charge in [0.15, 0.2) is 0 Å². The van der Waals surface area contributed by atoms with E-state index in [1.54, 1.807) is 10.7 Å². The number of nitrogens with zero attached hydrogens (tertiary/aromatic N) is 5. The van der Waals surface area contributed by atoms with Gasteiger partial charge in [-0.15, -0.1) is 0 Å². The third kappa shape index (κ3) is 2.54. The predicted octanol–water partition coefficient (Wildman–Crippen LogP) is 2.66. The van der Waals surface area contributed by atoms with E-state index in [0.717, 1.165) is 23.5 Å². The Hall–Kier alpha value is -2.21. The summed E-state index contributed by atoms with van der Waals surface area (Å²) < 4.78 is 1.65. The first-order chi connectivity index (χ1) is 10.2. The largest absolute Gasteiger partial charge is 0.364 e. The van der Waals surface area contributed by atoms with Crippen LogP contribution in [0, 0.1) is 6.92 Å². The molecule has 0 aliphatic carbocycles. The molecule has 0 bridgehead atoms. The maximum absolute atomic E-state index is 6.14. The Morgan fingerprint density at radius 1 is 1.33 bits per heavy atom. The molecule has 0 radical (unpaired) electrons. The van der Waals surface area contributed by atoms with Crippen LogP contribution in [-0.2, 0) is 13.0 Å². The number of anilines is 1.